The second kappa shape index (κ2) is 6.63. The largest absolute Gasteiger partial charge is 0.294 e. The lowest BCUT2D eigenvalue weighted by Gasteiger charge is -2.11. The number of aromatic amines is 1. The number of aryl methyl sites for hydroxylation is 3. The van der Waals surface area contributed by atoms with Gasteiger partial charge in [0.1, 0.15) is 0 Å². The zero-order valence-electron chi connectivity index (χ0n) is 15.3. The van der Waals surface area contributed by atoms with Crippen molar-refractivity contribution < 1.29 is 0 Å². The van der Waals surface area contributed by atoms with Gasteiger partial charge in [-0.3, -0.25) is 15.1 Å². The molecule has 0 unspecified atom stereocenters. The molecule has 2 N–H and O–H groups in total. The number of anilines is 2. The lowest BCUT2D eigenvalue weighted by atomic mass is 10.0. The van der Waals surface area contributed by atoms with Gasteiger partial charge in [-0.2, -0.15) is 0 Å². The van der Waals surface area contributed by atoms with Gasteiger partial charge in [-0.15, -0.1) is 0 Å². The van der Waals surface area contributed by atoms with Crippen LogP contribution in [0.25, 0.3) is 10.9 Å². The van der Waals surface area contributed by atoms with Crippen LogP contribution in [-0.4, -0.2) is 19.9 Å². The van der Waals surface area contributed by atoms with Gasteiger partial charge in [0.2, 0.25) is 11.9 Å². The van der Waals surface area contributed by atoms with Gasteiger partial charge in [-0.25, -0.2) is 15.0 Å². The number of hydrogen-bond acceptors (Lipinski definition) is 5. The summed E-state index contributed by atoms with van der Waals surface area (Å²) in [6.45, 7) is 10.0. The van der Waals surface area contributed by atoms with Crippen LogP contribution in [0.4, 0.5) is 11.9 Å². The molecule has 0 saturated heterocycles. The molecule has 25 heavy (non-hydrogen) atoms. The van der Waals surface area contributed by atoms with Gasteiger partial charge in [-0.05, 0) is 45.2 Å². The van der Waals surface area contributed by atoms with Crippen molar-refractivity contribution >= 4 is 22.8 Å². The first-order chi connectivity index (χ1) is 11.8. The van der Waals surface area contributed by atoms with Gasteiger partial charge in [0, 0.05) is 16.6 Å². The Kier molecular flexibility index (Phi) is 4.53. The van der Waals surface area contributed by atoms with Crippen LogP contribution in [0.1, 0.15) is 36.4 Å². The number of H-pyrrole nitrogens is 1. The van der Waals surface area contributed by atoms with Crippen molar-refractivity contribution in [2.24, 2.45) is 5.92 Å². The highest BCUT2D eigenvalue weighted by atomic mass is 16.1. The molecule has 0 bridgehead atoms. The Labute approximate surface area is 146 Å². The summed E-state index contributed by atoms with van der Waals surface area (Å²) in [6, 6.07) is 6.06. The molecule has 0 aliphatic rings. The normalized spacial score (nSPS) is 11.3. The molecule has 3 rings (SSSR count). The van der Waals surface area contributed by atoms with E-state index in [9.17, 15) is 4.79 Å². The fraction of sp³-hybridized carbons (Fsp3) is 0.368. The van der Waals surface area contributed by atoms with Crippen LogP contribution >= 0.6 is 0 Å². The number of nitrogens with one attached hydrogen (secondary N) is 2. The van der Waals surface area contributed by atoms with E-state index < -0.39 is 0 Å². The third-order valence-electron chi connectivity index (χ3n) is 4.11. The van der Waals surface area contributed by atoms with E-state index in [4.69, 9.17) is 0 Å². The standard InChI is InChI=1S/C19H23N5O/c1-10(2)8-15-13(5)21-19(23-17(15)25)24-18-20-12(4)14-9-11(3)6-7-16(14)22-18/h6-7,9-10H,8H2,1-5H3,(H2,20,21,22,23,24,25). The SMILES string of the molecule is Cc1ccc2nc(Nc3nc(C)c(CC(C)C)c(=O)[nH]3)nc(C)c2c1. The summed E-state index contributed by atoms with van der Waals surface area (Å²) < 4.78 is 0. The smallest absolute Gasteiger partial charge is 0.255 e. The highest BCUT2D eigenvalue weighted by Gasteiger charge is 2.11. The van der Waals surface area contributed by atoms with Crippen LogP contribution in [0.2, 0.25) is 0 Å². The summed E-state index contributed by atoms with van der Waals surface area (Å²) in [6.07, 6.45) is 0.708. The number of aromatic nitrogens is 4. The van der Waals surface area contributed by atoms with Crippen LogP contribution in [-0.2, 0) is 6.42 Å². The van der Waals surface area contributed by atoms with Gasteiger partial charge < -0.3 is 0 Å². The van der Waals surface area contributed by atoms with Crippen molar-refractivity contribution in [1.82, 2.24) is 19.9 Å². The summed E-state index contributed by atoms with van der Waals surface area (Å²) in [4.78, 5) is 28.6. The van der Waals surface area contributed by atoms with Crippen LogP contribution < -0.4 is 10.9 Å². The van der Waals surface area contributed by atoms with Crippen LogP contribution in [0.3, 0.4) is 0 Å². The zero-order chi connectivity index (χ0) is 18.1. The topological polar surface area (TPSA) is 83.6 Å². The molecule has 0 amide bonds. The molecule has 2 aromatic heterocycles. The molecular formula is C19H23N5O. The number of nitrogens with zero attached hydrogens (tertiary/aromatic N) is 3. The van der Waals surface area contributed by atoms with Crippen LogP contribution in [0.5, 0.6) is 0 Å². The minimum Gasteiger partial charge on any atom is -0.294 e. The molecule has 6 heteroatoms. The molecular weight excluding hydrogens is 314 g/mol. The monoisotopic (exact) mass is 337 g/mol. The van der Waals surface area contributed by atoms with E-state index in [-0.39, 0.29) is 5.56 Å². The predicted molar refractivity (Wildman–Crippen MR) is 100 cm³/mol. The Morgan fingerprint density at radius 1 is 1.08 bits per heavy atom. The van der Waals surface area contributed by atoms with Crippen molar-refractivity contribution in [3.63, 3.8) is 0 Å². The zero-order valence-corrected chi connectivity index (χ0v) is 15.3. The van der Waals surface area contributed by atoms with Crippen molar-refractivity contribution in [3.05, 3.63) is 51.1 Å². The number of benzene rings is 1. The molecule has 2 heterocycles. The van der Waals surface area contributed by atoms with Crippen molar-refractivity contribution in [2.45, 2.75) is 41.0 Å². The summed E-state index contributed by atoms with van der Waals surface area (Å²) in [5.74, 6) is 1.18. The number of rotatable bonds is 4. The molecule has 0 radical (unpaired) electrons. The molecule has 6 nitrogen and oxygen atoms in total. The van der Waals surface area contributed by atoms with E-state index in [0.29, 0.717) is 24.2 Å². The summed E-state index contributed by atoms with van der Waals surface area (Å²) >= 11 is 0. The maximum atomic E-state index is 12.3. The average molecular weight is 337 g/mol. The maximum Gasteiger partial charge on any atom is 0.255 e. The van der Waals surface area contributed by atoms with Crippen molar-refractivity contribution in [1.29, 1.82) is 0 Å². The van der Waals surface area contributed by atoms with Gasteiger partial charge in [-0.1, -0.05) is 25.5 Å². The third kappa shape index (κ3) is 3.68. The summed E-state index contributed by atoms with van der Waals surface area (Å²) in [7, 11) is 0. The first kappa shape index (κ1) is 17.1. The summed E-state index contributed by atoms with van der Waals surface area (Å²) in [5, 5.41) is 4.05. The van der Waals surface area contributed by atoms with Crippen molar-refractivity contribution in [3.8, 4) is 0 Å². The quantitative estimate of drug-likeness (QED) is 0.760. The molecule has 0 spiro atoms. The Morgan fingerprint density at radius 2 is 1.84 bits per heavy atom. The Balaban J connectivity index is 1.96. The van der Waals surface area contributed by atoms with Crippen molar-refractivity contribution in [2.75, 3.05) is 5.32 Å². The van der Waals surface area contributed by atoms with E-state index in [1.807, 2.05) is 32.9 Å². The first-order valence-electron chi connectivity index (χ1n) is 8.45. The van der Waals surface area contributed by atoms with Gasteiger partial charge in [0.15, 0.2) is 0 Å². The molecule has 0 saturated carbocycles. The van der Waals surface area contributed by atoms with E-state index in [2.05, 4.69) is 45.2 Å². The average Bonchev–Trinajstić information content (AvgIpc) is 2.51. The third-order valence-corrected chi connectivity index (χ3v) is 4.11. The molecule has 0 aliphatic heterocycles. The Morgan fingerprint density at radius 3 is 2.52 bits per heavy atom. The molecule has 0 aliphatic carbocycles. The molecule has 130 valence electrons. The molecule has 0 fully saturated rings. The van der Waals surface area contributed by atoms with E-state index in [0.717, 1.165) is 27.9 Å². The Bertz CT molecular complexity index is 991. The lowest BCUT2D eigenvalue weighted by Crippen LogP contribution is -2.20. The summed E-state index contributed by atoms with van der Waals surface area (Å²) in [5.41, 5.74) is 4.25. The number of fused-ring (bicyclic) bond motifs is 1. The van der Waals surface area contributed by atoms with E-state index in [1.54, 1.807) is 0 Å². The highest BCUT2D eigenvalue weighted by molar-refractivity contribution is 5.82. The highest BCUT2D eigenvalue weighted by Crippen LogP contribution is 2.20. The van der Waals surface area contributed by atoms with Gasteiger partial charge in [0.05, 0.1) is 11.2 Å². The van der Waals surface area contributed by atoms with Gasteiger partial charge in [0.25, 0.3) is 5.56 Å². The van der Waals surface area contributed by atoms with Crippen LogP contribution in [0.15, 0.2) is 23.0 Å². The molecule has 1 aromatic carbocycles. The van der Waals surface area contributed by atoms with E-state index in [1.165, 1.54) is 5.56 Å². The Hall–Kier alpha value is -2.76. The molecule has 0 atom stereocenters. The fourth-order valence-corrected chi connectivity index (χ4v) is 2.88. The minimum absolute atomic E-state index is 0.114. The minimum atomic E-state index is -0.114. The lowest BCUT2D eigenvalue weighted by molar-refractivity contribution is 0.636. The van der Waals surface area contributed by atoms with Crippen LogP contribution in [0, 0.1) is 26.7 Å². The van der Waals surface area contributed by atoms with Gasteiger partial charge >= 0.3 is 0 Å². The number of hydrogen-bond donors (Lipinski definition) is 2. The fourth-order valence-electron chi connectivity index (χ4n) is 2.88. The predicted octanol–water partition coefficient (Wildman–Crippen LogP) is 3.58. The van der Waals surface area contributed by atoms with E-state index >= 15 is 0 Å². The second-order valence-electron chi connectivity index (χ2n) is 6.85. The second-order valence-corrected chi connectivity index (χ2v) is 6.85. The molecule has 3 aromatic rings. The first-order valence-corrected chi connectivity index (χ1v) is 8.45. The maximum absolute atomic E-state index is 12.3.